The summed E-state index contributed by atoms with van der Waals surface area (Å²) in [6.07, 6.45) is 1.26. The molecule has 0 radical (unpaired) electrons. The summed E-state index contributed by atoms with van der Waals surface area (Å²) in [5.74, 6) is -15.2. The lowest BCUT2D eigenvalue weighted by atomic mass is 10.0. The Morgan fingerprint density at radius 3 is 1.33 bits per heavy atom. The van der Waals surface area contributed by atoms with Crippen LogP contribution in [0.5, 0.6) is 0 Å². The van der Waals surface area contributed by atoms with Crippen molar-refractivity contribution in [2.75, 3.05) is 39.4 Å². The molecule has 0 spiro atoms. The van der Waals surface area contributed by atoms with Crippen molar-refractivity contribution in [3.63, 3.8) is 0 Å². The van der Waals surface area contributed by atoms with Crippen LogP contribution in [0.3, 0.4) is 0 Å². The lowest BCUT2D eigenvalue weighted by Gasteiger charge is -2.27. The summed E-state index contributed by atoms with van der Waals surface area (Å²) in [5.41, 5.74) is 28.5. The molecule has 10 amide bonds. The Hall–Kier alpha value is -7.98. The van der Waals surface area contributed by atoms with Gasteiger partial charge in [0.2, 0.25) is 59.1 Å². The molecule has 0 aliphatic carbocycles. The van der Waals surface area contributed by atoms with Crippen molar-refractivity contribution < 1.29 is 82.0 Å². The molecule has 0 aromatic carbocycles. The number of carboxylic acid groups (broad SMARTS) is 3. The van der Waals surface area contributed by atoms with Crippen LogP contribution in [0.2, 0.25) is 0 Å². The number of hydrogen-bond donors (Lipinski definition) is 17. The van der Waals surface area contributed by atoms with E-state index in [4.69, 9.17) is 28.7 Å². The Balaban J connectivity index is 3.30. The van der Waals surface area contributed by atoms with E-state index in [0.29, 0.717) is 51.5 Å². The van der Waals surface area contributed by atoms with E-state index < -0.39 is 170 Å². The van der Waals surface area contributed by atoms with E-state index in [1.807, 2.05) is 0 Å². The standard InChI is InChI=1S/C51H88FN17O16/c1-29(2)43(66-49(83)35(16-18-40(72)73)64-50(84)37(26-42(76)77)60-38(70)17-15-30-28-69(24-19-52)68-67-30)51(85)65-36(25-41(74)75)45(79)58-27-39(71)59-32(12-4-8-21-54)46(80)62-34(14-6-10-23-56)48(82)63-33(13-5-9-22-55)47(81)61-31(44(57)78)11-3-7-20-53/h28-29,31-37,43H,3-27,53-56H2,1-2H3,(H2,57,78)(H,58,79)(H,59,71)(H,60,70)(H,61,81)(H,62,80)(H,63,82)(H,64,84)(H,65,85)(H,66,83)(H,72,73)(H,74,75)(H,76,77)/t31-,32-,33-,34-,35-,36-,37-,43-/m0/s1. The second-order valence-electron chi connectivity index (χ2n) is 20.3. The van der Waals surface area contributed by atoms with Crippen LogP contribution in [0, 0.1) is 5.92 Å². The van der Waals surface area contributed by atoms with Gasteiger partial charge in [-0.25, -0.2) is 9.07 Å². The number of alkyl halides is 1. The van der Waals surface area contributed by atoms with Gasteiger partial charge < -0.3 is 91.8 Å². The van der Waals surface area contributed by atoms with Crippen LogP contribution in [-0.2, 0) is 75.3 Å². The van der Waals surface area contributed by atoms with Crippen molar-refractivity contribution >= 4 is 77.0 Å². The molecular weight excluding hydrogens is 1130 g/mol. The number of aliphatic carboxylic acids is 3. The normalized spacial score (nSPS) is 13.9. The number of nitrogens with zero attached hydrogens (tertiary/aromatic N) is 3. The molecule has 0 aliphatic heterocycles. The fourth-order valence-electron chi connectivity index (χ4n) is 8.20. The van der Waals surface area contributed by atoms with Gasteiger partial charge in [-0.3, -0.25) is 62.3 Å². The summed E-state index contributed by atoms with van der Waals surface area (Å²) in [7, 11) is 0. The number of nitrogens with one attached hydrogen (secondary N) is 9. The predicted molar refractivity (Wildman–Crippen MR) is 300 cm³/mol. The molecule has 85 heavy (non-hydrogen) atoms. The Morgan fingerprint density at radius 2 is 0.894 bits per heavy atom. The zero-order valence-electron chi connectivity index (χ0n) is 48.2. The predicted octanol–water partition coefficient (Wildman–Crippen LogP) is -5.35. The van der Waals surface area contributed by atoms with Crippen molar-refractivity contribution in [1.82, 2.24) is 62.8 Å². The topological polar surface area (TPSA) is 552 Å². The van der Waals surface area contributed by atoms with Gasteiger partial charge in [-0.05, 0) is 116 Å². The first kappa shape index (κ1) is 75.0. The van der Waals surface area contributed by atoms with E-state index in [9.17, 15) is 82.0 Å². The maximum atomic E-state index is 14.0. The van der Waals surface area contributed by atoms with Crippen LogP contribution >= 0.6 is 0 Å². The fourth-order valence-corrected chi connectivity index (χ4v) is 8.20. The number of carboxylic acids is 3. The molecule has 1 aromatic heterocycles. The molecule has 480 valence electrons. The molecule has 34 heteroatoms. The molecule has 0 aliphatic rings. The van der Waals surface area contributed by atoms with Crippen LogP contribution in [0.1, 0.15) is 129 Å². The molecular formula is C51H88FN17O16. The molecule has 22 N–H and O–H groups in total. The maximum Gasteiger partial charge on any atom is 0.305 e. The fraction of sp³-hybridized carbons (Fsp3) is 0.706. The van der Waals surface area contributed by atoms with Crippen molar-refractivity contribution in [3.05, 3.63) is 11.9 Å². The number of hydrogen-bond acceptors (Lipinski definition) is 19. The number of aryl methyl sites for hydroxylation is 2. The van der Waals surface area contributed by atoms with Gasteiger partial charge in [-0.15, -0.1) is 5.10 Å². The molecule has 0 saturated heterocycles. The highest BCUT2D eigenvalue weighted by Crippen LogP contribution is 2.12. The molecule has 1 rings (SSSR count). The minimum Gasteiger partial charge on any atom is -0.481 e. The minimum atomic E-state index is -1.92. The largest absolute Gasteiger partial charge is 0.481 e. The Morgan fingerprint density at radius 1 is 0.494 bits per heavy atom. The van der Waals surface area contributed by atoms with Crippen LogP contribution in [0.15, 0.2) is 6.20 Å². The van der Waals surface area contributed by atoms with Crippen LogP contribution < -0.4 is 76.5 Å². The van der Waals surface area contributed by atoms with Gasteiger partial charge in [-0.1, -0.05) is 19.1 Å². The third kappa shape index (κ3) is 31.5. The average molecular weight is 1210 g/mol. The highest BCUT2D eigenvalue weighted by molar-refractivity contribution is 5.99. The SMILES string of the molecule is CC(C)[C@H](NC(=O)[C@H](CCC(=O)O)NC(=O)[C@H](CC(=O)O)NC(=O)CCc1cn(CCF)nn1)C(=O)N[C@@H](CC(=O)O)C(=O)NCC(=O)N[C@@H](CCCCN)C(=O)N[C@@H](CCCCN)C(=O)N[C@@H](CCCCN)C(=O)N[C@@H](CCCCN)C(N)=O. The highest BCUT2D eigenvalue weighted by atomic mass is 19.1. The smallest absolute Gasteiger partial charge is 0.305 e. The highest BCUT2D eigenvalue weighted by Gasteiger charge is 2.36. The van der Waals surface area contributed by atoms with Gasteiger partial charge in [-0.2, -0.15) is 0 Å². The number of carbonyl (C=O) groups excluding carboxylic acids is 10. The number of carbonyl (C=O) groups is 13. The van der Waals surface area contributed by atoms with E-state index >= 15 is 0 Å². The van der Waals surface area contributed by atoms with E-state index in [0.717, 1.165) is 0 Å². The summed E-state index contributed by atoms with van der Waals surface area (Å²) in [4.78, 5) is 170. The van der Waals surface area contributed by atoms with Gasteiger partial charge in [0.15, 0.2) is 0 Å². The molecule has 1 heterocycles. The van der Waals surface area contributed by atoms with Gasteiger partial charge in [0.1, 0.15) is 55.0 Å². The quantitative estimate of drug-likeness (QED) is 0.0271. The minimum absolute atomic E-state index is 0.0275. The number of unbranched alkanes of at least 4 members (excludes halogenated alkanes) is 4. The number of halogens is 1. The van der Waals surface area contributed by atoms with E-state index in [-0.39, 0.29) is 76.8 Å². The number of nitrogens with two attached hydrogens (primary N) is 5. The number of aromatic nitrogens is 3. The van der Waals surface area contributed by atoms with Crippen molar-refractivity contribution in [2.24, 2.45) is 34.6 Å². The zero-order valence-corrected chi connectivity index (χ0v) is 48.2. The zero-order chi connectivity index (χ0) is 64.0. The number of rotatable bonds is 47. The third-order valence-corrected chi connectivity index (χ3v) is 12.9. The second kappa shape index (κ2) is 41.9. The third-order valence-electron chi connectivity index (χ3n) is 12.9. The van der Waals surface area contributed by atoms with Crippen molar-refractivity contribution in [1.29, 1.82) is 0 Å². The molecule has 8 atom stereocenters. The second-order valence-corrected chi connectivity index (χ2v) is 20.3. The van der Waals surface area contributed by atoms with Gasteiger partial charge in [0.25, 0.3) is 0 Å². The Labute approximate surface area is 490 Å². The summed E-state index contributed by atoms with van der Waals surface area (Å²) in [6, 6.07) is -12.0. The van der Waals surface area contributed by atoms with Gasteiger partial charge in [0, 0.05) is 25.5 Å². The van der Waals surface area contributed by atoms with E-state index in [2.05, 4.69) is 58.2 Å². The molecule has 0 saturated carbocycles. The van der Waals surface area contributed by atoms with Gasteiger partial charge >= 0.3 is 17.9 Å². The first-order valence-electron chi connectivity index (χ1n) is 28.2. The van der Waals surface area contributed by atoms with E-state index in [1.165, 1.54) is 24.7 Å². The monoisotopic (exact) mass is 1210 g/mol. The summed E-state index contributed by atoms with van der Waals surface area (Å²) in [6.45, 7) is 2.21. The van der Waals surface area contributed by atoms with E-state index in [1.54, 1.807) is 0 Å². The lowest BCUT2D eigenvalue weighted by Crippen LogP contribution is -2.60. The Bertz CT molecular complexity index is 2360. The lowest BCUT2D eigenvalue weighted by molar-refractivity contribution is -0.142. The van der Waals surface area contributed by atoms with Crippen molar-refractivity contribution in [3.8, 4) is 0 Å². The maximum absolute atomic E-state index is 14.0. The average Bonchev–Trinajstić information content (AvgIpc) is 4.08. The summed E-state index contributed by atoms with van der Waals surface area (Å²) >= 11 is 0. The van der Waals surface area contributed by atoms with Crippen LogP contribution in [0.4, 0.5) is 4.39 Å². The number of primary amides is 1. The molecule has 0 unspecified atom stereocenters. The van der Waals surface area contributed by atoms with Crippen LogP contribution in [-0.4, -0.2) is 195 Å². The molecule has 33 nitrogen and oxygen atoms in total. The van der Waals surface area contributed by atoms with Crippen molar-refractivity contribution in [2.45, 2.75) is 184 Å². The molecule has 0 bridgehead atoms. The first-order chi connectivity index (χ1) is 40.3. The van der Waals surface area contributed by atoms with Gasteiger partial charge in [0.05, 0.1) is 31.6 Å². The number of amides is 10. The first-order valence-corrected chi connectivity index (χ1v) is 28.2. The summed E-state index contributed by atoms with van der Waals surface area (Å²) < 4.78 is 13.9. The molecule has 0 fully saturated rings. The summed E-state index contributed by atoms with van der Waals surface area (Å²) in [5, 5.41) is 57.7. The Kier molecular flexibility index (Phi) is 37.0. The van der Waals surface area contributed by atoms with Crippen LogP contribution in [0.25, 0.3) is 0 Å². The molecule has 1 aromatic rings.